The highest BCUT2D eigenvalue weighted by atomic mass is 16.5. The minimum absolute atomic E-state index is 0.0105. The zero-order valence-electron chi connectivity index (χ0n) is 18.8. The van der Waals surface area contributed by atoms with Crippen molar-refractivity contribution >= 4 is 11.0 Å². The molecule has 4 rings (SSSR count). The van der Waals surface area contributed by atoms with Crippen LogP contribution in [0.3, 0.4) is 0 Å². The summed E-state index contributed by atoms with van der Waals surface area (Å²) in [5.74, 6) is 0.286. The molecule has 1 fully saturated rings. The molecule has 0 bridgehead atoms. The lowest BCUT2D eigenvalue weighted by molar-refractivity contribution is -0.0420. The van der Waals surface area contributed by atoms with Crippen LogP contribution in [-0.4, -0.2) is 45.2 Å². The highest BCUT2D eigenvalue weighted by Gasteiger charge is 2.26. The van der Waals surface area contributed by atoms with Crippen molar-refractivity contribution < 1.29 is 4.74 Å². The first-order chi connectivity index (χ1) is 14.3. The molecular formula is C24H32N4O2. The Morgan fingerprint density at radius 2 is 2.00 bits per heavy atom. The van der Waals surface area contributed by atoms with E-state index in [0.717, 1.165) is 53.2 Å². The number of ether oxygens (including phenoxy) is 1. The monoisotopic (exact) mass is 408 g/mol. The van der Waals surface area contributed by atoms with Crippen LogP contribution in [-0.2, 0) is 11.8 Å². The maximum atomic E-state index is 12.2. The summed E-state index contributed by atoms with van der Waals surface area (Å²) in [5, 5.41) is 0. The summed E-state index contributed by atoms with van der Waals surface area (Å²) in [6, 6.07) is 6.65. The summed E-state index contributed by atoms with van der Waals surface area (Å²) >= 11 is 0. The number of morpholine rings is 1. The number of aromatic amines is 1. The Kier molecular flexibility index (Phi) is 5.55. The molecule has 6 heteroatoms. The average Bonchev–Trinajstić information content (AvgIpc) is 3.10. The third kappa shape index (κ3) is 3.70. The van der Waals surface area contributed by atoms with Crippen LogP contribution in [0.5, 0.6) is 0 Å². The lowest BCUT2D eigenvalue weighted by atomic mass is 9.98. The van der Waals surface area contributed by atoms with Gasteiger partial charge in [0, 0.05) is 49.1 Å². The molecule has 0 aliphatic carbocycles. The van der Waals surface area contributed by atoms with Crippen LogP contribution in [0.15, 0.2) is 29.2 Å². The molecule has 4 heterocycles. The number of aryl methyl sites for hydroxylation is 2. The lowest BCUT2D eigenvalue weighted by Gasteiger charge is -2.35. The van der Waals surface area contributed by atoms with Crippen LogP contribution in [0.25, 0.3) is 22.3 Å². The topological polar surface area (TPSA) is 63.2 Å². The molecule has 1 aliphatic heterocycles. The molecule has 0 saturated carbocycles. The van der Waals surface area contributed by atoms with Gasteiger partial charge in [-0.25, -0.2) is 4.98 Å². The molecule has 0 aromatic carbocycles. The Hall–Kier alpha value is -2.44. The van der Waals surface area contributed by atoms with Crippen molar-refractivity contribution in [2.45, 2.75) is 52.7 Å². The van der Waals surface area contributed by atoms with E-state index in [9.17, 15) is 4.79 Å². The number of H-pyrrole nitrogens is 1. The van der Waals surface area contributed by atoms with E-state index in [1.807, 2.05) is 19.2 Å². The van der Waals surface area contributed by atoms with E-state index in [1.165, 1.54) is 5.56 Å². The zero-order valence-corrected chi connectivity index (χ0v) is 18.8. The summed E-state index contributed by atoms with van der Waals surface area (Å²) < 4.78 is 7.73. The van der Waals surface area contributed by atoms with Crippen molar-refractivity contribution in [1.82, 2.24) is 19.4 Å². The second kappa shape index (κ2) is 8.00. The van der Waals surface area contributed by atoms with E-state index in [-0.39, 0.29) is 17.6 Å². The summed E-state index contributed by atoms with van der Waals surface area (Å²) in [6.45, 7) is 13.3. The molecule has 30 heavy (non-hydrogen) atoms. The maximum Gasteiger partial charge on any atom is 0.253 e. The van der Waals surface area contributed by atoms with Crippen molar-refractivity contribution in [3.05, 3.63) is 51.6 Å². The van der Waals surface area contributed by atoms with Crippen LogP contribution in [0, 0.1) is 6.92 Å². The number of fused-ring (bicyclic) bond motifs is 1. The van der Waals surface area contributed by atoms with Gasteiger partial charge in [0.05, 0.1) is 29.0 Å². The Morgan fingerprint density at radius 1 is 1.23 bits per heavy atom. The van der Waals surface area contributed by atoms with E-state index in [1.54, 1.807) is 11.6 Å². The van der Waals surface area contributed by atoms with Gasteiger partial charge in [-0.1, -0.05) is 13.8 Å². The van der Waals surface area contributed by atoms with Crippen molar-refractivity contribution in [2.75, 3.05) is 19.7 Å². The van der Waals surface area contributed by atoms with Gasteiger partial charge in [0.2, 0.25) is 0 Å². The molecule has 0 amide bonds. The molecule has 1 atom stereocenters. The number of pyridine rings is 2. The van der Waals surface area contributed by atoms with Gasteiger partial charge >= 0.3 is 0 Å². The highest BCUT2D eigenvalue weighted by Crippen LogP contribution is 2.35. The van der Waals surface area contributed by atoms with Crippen molar-refractivity contribution in [3.8, 4) is 11.3 Å². The standard InChI is InChI=1S/C24H32N4O2/c1-14(2)21-22(17-11-16(5)24(29)27(6)12-17)26-19-8-7-18(25-23(19)21)20-13-28(15(3)4)9-10-30-20/h7-8,11-12,14-15,20,26H,9-10,13H2,1-6H3. The number of hydrogen-bond acceptors (Lipinski definition) is 4. The van der Waals surface area contributed by atoms with Gasteiger partial charge < -0.3 is 14.3 Å². The molecule has 3 aromatic heterocycles. The molecule has 160 valence electrons. The number of hydrogen-bond donors (Lipinski definition) is 1. The lowest BCUT2D eigenvalue weighted by Crippen LogP contribution is -2.42. The normalized spacial score (nSPS) is 18.1. The van der Waals surface area contributed by atoms with Crippen LogP contribution in [0.1, 0.15) is 56.5 Å². The maximum absolute atomic E-state index is 12.2. The van der Waals surface area contributed by atoms with Crippen LogP contribution >= 0.6 is 0 Å². The zero-order chi connectivity index (χ0) is 21.6. The summed E-state index contributed by atoms with van der Waals surface area (Å²) in [5.41, 5.74) is 6.99. The molecule has 6 nitrogen and oxygen atoms in total. The summed E-state index contributed by atoms with van der Waals surface area (Å²) in [6.07, 6.45) is 1.89. The quantitative estimate of drug-likeness (QED) is 0.705. The summed E-state index contributed by atoms with van der Waals surface area (Å²) in [4.78, 5) is 23.2. The van der Waals surface area contributed by atoms with Gasteiger partial charge in [0.1, 0.15) is 6.10 Å². The highest BCUT2D eigenvalue weighted by molar-refractivity contribution is 5.88. The second-order valence-corrected chi connectivity index (χ2v) is 8.98. The largest absolute Gasteiger partial charge is 0.369 e. The van der Waals surface area contributed by atoms with Crippen LogP contribution < -0.4 is 5.56 Å². The molecule has 1 aliphatic rings. The average molecular weight is 409 g/mol. The minimum atomic E-state index is -0.0105. The fraction of sp³-hybridized carbons (Fsp3) is 0.500. The van der Waals surface area contributed by atoms with Crippen molar-refractivity contribution in [2.24, 2.45) is 7.05 Å². The van der Waals surface area contributed by atoms with E-state index in [2.05, 4.69) is 49.7 Å². The second-order valence-electron chi connectivity index (χ2n) is 8.98. The molecule has 0 spiro atoms. The smallest absolute Gasteiger partial charge is 0.253 e. The fourth-order valence-electron chi connectivity index (χ4n) is 4.40. The van der Waals surface area contributed by atoms with Gasteiger partial charge in [-0.05, 0) is 44.9 Å². The predicted octanol–water partition coefficient (Wildman–Crippen LogP) is 4.14. The first kappa shape index (κ1) is 20.8. The van der Waals surface area contributed by atoms with E-state index in [4.69, 9.17) is 9.72 Å². The number of rotatable bonds is 4. The van der Waals surface area contributed by atoms with Crippen molar-refractivity contribution in [1.29, 1.82) is 0 Å². The third-order valence-electron chi connectivity index (χ3n) is 6.09. The SMILES string of the molecule is Cc1cc(-c2[nH]c3ccc(C4CN(C(C)C)CCO4)nc3c2C(C)C)cn(C)c1=O. The Bertz CT molecular complexity index is 1100. The van der Waals surface area contributed by atoms with Gasteiger partial charge in [0.25, 0.3) is 5.56 Å². The predicted molar refractivity (Wildman–Crippen MR) is 121 cm³/mol. The van der Waals surface area contributed by atoms with E-state index in [0.29, 0.717) is 6.04 Å². The Balaban J connectivity index is 1.81. The number of aromatic nitrogens is 3. The molecule has 3 aromatic rings. The molecule has 0 radical (unpaired) electrons. The van der Waals surface area contributed by atoms with Gasteiger partial charge in [-0.3, -0.25) is 9.69 Å². The van der Waals surface area contributed by atoms with Crippen molar-refractivity contribution in [3.63, 3.8) is 0 Å². The molecule has 1 saturated heterocycles. The van der Waals surface area contributed by atoms with Gasteiger partial charge in [-0.2, -0.15) is 0 Å². The molecule has 1 N–H and O–H groups in total. The number of nitrogens with zero attached hydrogens (tertiary/aromatic N) is 3. The summed E-state index contributed by atoms with van der Waals surface area (Å²) in [7, 11) is 1.80. The Morgan fingerprint density at radius 3 is 2.67 bits per heavy atom. The number of nitrogens with one attached hydrogen (secondary N) is 1. The molecule has 1 unspecified atom stereocenters. The third-order valence-corrected chi connectivity index (χ3v) is 6.09. The fourth-order valence-corrected chi connectivity index (χ4v) is 4.40. The van der Waals surface area contributed by atoms with E-state index >= 15 is 0 Å². The first-order valence-corrected chi connectivity index (χ1v) is 10.8. The Labute approximate surface area is 177 Å². The molecular weight excluding hydrogens is 376 g/mol. The van der Waals surface area contributed by atoms with Crippen LogP contribution in [0.4, 0.5) is 0 Å². The van der Waals surface area contributed by atoms with E-state index < -0.39 is 0 Å². The van der Waals surface area contributed by atoms with Crippen LogP contribution in [0.2, 0.25) is 0 Å². The minimum Gasteiger partial charge on any atom is -0.369 e. The van der Waals surface area contributed by atoms with Gasteiger partial charge in [0.15, 0.2) is 0 Å². The van der Waals surface area contributed by atoms with Gasteiger partial charge in [-0.15, -0.1) is 0 Å². The first-order valence-electron chi connectivity index (χ1n) is 10.8.